The van der Waals surface area contributed by atoms with Gasteiger partial charge in [-0.15, -0.1) is 0 Å². The predicted octanol–water partition coefficient (Wildman–Crippen LogP) is 6.41. The van der Waals surface area contributed by atoms with Gasteiger partial charge < -0.3 is 9.64 Å². The Labute approximate surface area is 238 Å². The molecule has 2 heterocycles. The van der Waals surface area contributed by atoms with Gasteiger partial charge in [0.05, 0.1) is 12.3 Å². The van der Waals surface area contributed by atoms with E-state index in [9.17, 15) is 9.00 Å². The molecule has 0 aromatic heterocycles. The maximum absolute atomic E-state index is 13.3. The van der Waals surface area contributed by atoms with Crippen molar-refractivity contribution in [1.29, 1.82) is 0 Å². The van der Waals surface area contributed by atoms with Crippen LogP contribution in [0.1, 0.15) is 79.8 Å². The number of carbonyl (C=O) groups excluding carboxylic acids is 1. The first-order valence-corrected chi connectivity index (χ1v) is 17.0. The Bertz CT molecular complexity index is 1360. The van der Waals surface area contributed by atoms with Crippen LogP contribution in [0.5, 0.6) is 5.75 Å². The first-order chi connectivity index (χ1) is 18.7. The van der Waals surface area contributed by atoms with Gasteiger partial charge in [0.15, 0.2) is 0 Å². The van der Waals surface area contributed by atoms with Crippen LogP contribution in [-0.2, 0) is 21.5 Å². The molecule has 2 aromatic carbocycles. The molecule has 7 heteroatoms. The highest BCUT2D eigenvalue weighted by molar-refractivity contribution is 7.99. The lowest BCUT2D eigenvalue weighted by Gasteiger charge is -2.45. The number of nitrogens with one attached hydrogen (secondary N) is 1. The second-order valence-corrected chi connectivity index (χ2v) is 15.3. The smallest absolute Gasteiger partial charge is 0.262 e. The molecule has 1 amide bonds. The minimum absolute atomic E-state index is 0.129. The average molecular weight is 569 g/mol. The molecule has 1 saturated carbocycles. The molecule has 1 unspecified atom stereocenters. The van der Waals surface area contributed by atoms with Crippen LogP contribution in [0.4, 0.5) is 5.69 Å². The maximum atomic E-state index is 13.3. The van der Waals surface area contributed by atoms with Crippen LogP contribution in [0.25, 0.3) is 0 Å². The van der Waals surface area contributed by atoms with Crippen molar-refractivity contribution in [2.75, 3.05) is 30.3 Å². The molecule has 0 saturated heterocycles. The zero-order valence-corrected chi connectivity index (χ0v) is 24.6. The molecule has 1 spiro atoms. The van der Waals surface area contributed by atoms with Gasteiger partial charge in [-0.2, -0.15) is 0 Å². The molecular weight excluding hydrogens is 528 g/mol. The zero-order valence-electron chi connectivity index (χ0n) is 23.1. The standard InChI is InChI=1S/C32H41ClN2O3S/c1-22-5-4-16-39(2,37)34-31(36)25-11-14-30-29(18-25)35(19-26-10-9-23(26)8-7-22)20-32(21-38-30)15-3-6-24-17-27(33)12-13-28(24)32/h11-14,17-18,22-23,26H,2-10,15-16,19-21H2,1H3,(H,34,36,37)/t22-,23-,26+,32+,39?/m1/s1. The topological polar surface area (TPSA) is 58.6 Å². The number of benzene rings is 2. The van der Waals surface area contributed by atoms with Gasteiger partial charge in [-0.1, -0.05) is 31.0 Å². The van der Waals surface area contributed by atoms with Crippen LogP contribution in [0.2, 0.25) is 5.02 Å². The van der Waals surface area contributed by atoms with Crippen molar-refractivity contribution in [3.63, 3.8) is 0 Å². The number of rotatable bonds is 0. The second kappa shape index (κ2) is 10.7. The van der Waals surface area contributed by atoms with Crippen LogP contribution >= 0.6 is 11.6 Å². The van der Waals surface area contributed by atoms with Crippen molar-refractivity contribution in [1.82, 2.24) is 4.72 Å². The maximum Gasteiger partial charge on any atom is 0.262 e. The monoisotopic (exact) mass is 568 g/mol. The summed E-state index contributed by atoms with van der Waals surface area (Å²) in [6.07, 6.45) is 10.1. The van der Waals surface area contributed by atoms with E-state index in [4.69, 9.17) is 16.3 Å². The SMILES string of the molecule is C=S1(=O)CCC[C@@H](C)CC[C@@H]2CC[C@H]2CN2C[C@@]3(CCCc4cc(Cl)ccc43)COc3ccc(cc32)C(=O)N1. The molecule has 1 N–H and O–H groups in total. The Morgan fingerprint density at radius 1 is 1.08 bits per heavy atom. The van der Waals surface area contributed by atoms with Gasteiger partial charge in [-0.25, -0.2) is 4.21 Å². The number of hydrogen-bond acceptors (Lipinski definition) is 4. The third kappa shape index (κ3) is 5.56. The lowest BCUT2D eigenvalue weighted by Crippen LogP contribution is -2.48. The minimum Gasteiger partial charge on any atom is -0.490 e. The highest BCUT2D eigenvalue weighted by Crippen LogP contribution is 2.47. The lowest BCUT2D eigenvalue weighted by atomic mass is 9.68. The van der Waals surface area contributed by atoms with E-state index in [0.29, 0.717) is 29.8 Å². The van der Waals surface area contributed by atoms with Gasteiger partial charge in [0, 0.05) is 44.6 Å². The molecule has 5 nitrogen and oxygen atoms in total. The van der Waals surface area contributed by atoms with E-state index in [0.717, 1.165) is 67.6 Å². The third-order valence-electron chi connectivity index (χ3n) is 9.81. The molecule has 1 fully saturated rings. The van der Waals surface area contributed by atoms with Crippen molar-refractivity contribution in [2.45, 2.75) is 70.1 Å². The molecular formula is C32H41ClN2O3S. The molecule has 2 aliphatic carbocycles. The van der Waals surface area contributed by atoms with E-state index in [1.807, 2.05) is 18.2 Å². The molecule has 39 heavy (non-hydrogen) atoms. The van der Waals surface area contributed by atoms with Crippen LogP contribution in [0, 0.1) is 17.8 Å². The van der Waals surface area contributed by atoms with Crippen LogP contribution in [-0.4, -0.2) is 41.4 Å². The molecule has 2 bridgehead atoms. The van der Waals surface area contributed by atoms with Crippen LogP contribution in [0.3, 0.4) is 0 Å². The highest BCUT2D eigenvalue weighted by atomic mass is 35.5. The van der Waals surface area contributed by atoms with Gasteiger partial charge in [0.2, 0.25) is 0 Å². The highest BCUT2D eigenvalue weighted by Gasteiger charge is 2.43. The van der Waals surface area contributed by atoms with Crippen molar-refractivity contribution < 1.29 is 13.7 Å². The Morgan fingerprint density at radius 2 is 1.90 bits per heavy atom. The first kappa shape index (κ1) is 27.0. The summed E-state index contributed by atoms with van der Waals surface area (Å²) < 4.78 is 22.5. The fraction of sp³-hybridized carbons (Fsp3) is 0.562. The quantitative estimate of drug-likeness (QED) is 0.373. The molecule has 210 valence electrons. The summed E-state index contributed by atoms with van der Waals surface area (Å²) in [7, 11) is -2.70. The fourth-order valence-electron chi connectivity index (χ4n) is 7.38. The molecule has 0 radical (unpaired) electrons. The number of fused-ring (bicyclic) bond motifs is 4. The second-order valence-electron chi connectivity index (χ2n) is 12.7. The summed E-state index contributed by atoms with van der Waals surface area (Å²) in [4.78, 5) is 15.8. The van der Waals surface area contributed by atoms with Crippen molar-refractivity contribution in [3.05, 3.63) is 58.1 Å². The van der Waals surface area contributed by atoms with E-state index in [-0.39, 0.29) is 11.3 Å². The summed E-state index contributed by atoms with van der Waals surface area (Å²) in [5.41, 5.74) is 4.04. The summed E-state index contributed by atoms with van der Waals surface area (Å²) >= 11 is 6.40. The van der Waals surface area contributed by atoms with E-state index < -0.39 is 9.71 Å². The number of hydrogen-bond donors (Lipinski definition) is 1. The Morgan fingerprint density at radius 3 is 2.72 bits per heavy atom. The molecule has 4 aliphatic rings. The van der Waals surface area contributed by atoms with Gasteiger partial charge in [-0.05, 0) is 116 Å². The number of amides is 1. The number of anilines is 1. The number of ether oxygens (including phenoxy) is 1. The molecule has 2 aromatic rings. The number of nitrogens with zero attached hydrogens (tertiary/aromatic N) is 1. The third-order valence-corrected chi connectivity index (χ3v) is 11.5. The number of aryl methyl sites for hydroxylation is 1. The summed E-state index contributed by atoms with van der Waals surface area (Å²) in [5.74, 6) is 6.79. The Hall–Kier alpha value is -2.18. The van der Waals surface area contributed by atoms with Gasteiger partial charge in [0.25, 0.3) is 5.91 Å². The van der Waals surface area contributed by atoms with Crippen molar-refractivity contribution in [3.8, 4) is 5.75 Å². The Balaban J connectivity index is 1.39. The first-order valence-electron chi connectivity index (χ1n) is 14.7. The van der Waals surface area contributed by atoms with Gasteiger partial charge >= 0.3 is 0 Å². The van der Waals surface area contributed by atoms with E-state index in [2.05, 4.69) is 34.5 Å². The lowest BCUT2D eigenvalue weighted by molar-refractivity contribution is 0.0982. The van der Waals surface area contributed by atoms with E-state index in [1.165, 1.54) is 36.8 Å². The van der Waals surface area contributed by atoms with Crippen LogP contribution < -0.4 is 14.4 Å². The number of carbonyl (C=O) groups is 1. The predicted molar refractivity (Wildman–Crippen MR) is 162 cm³/mol. The van der Waals surface area contributed by atoms with Crippen LogP contribution in [0.15, 0.2) is 36.4 Å². The molecule has 6 rings (SSSR count). The number of halogens is 1. The zero-order chi connectivity index (χ0) is 27.2. The Kier molecular flexibility index (Phi) is 7.39. The molecule has 2 aliphatic heterocycles. The van der Waals surface area contributed by atoms with Crippen molar-refractivity contribution in [2.24, 2.45) is 17.8 Å². The van der Waals surface area contributed by atoms with Gasteiger partial charge in [-0.3, -0.25) is 9.52 Å². The fourth-order valence-corrected chi connectivity index (χ4v) is 8.77. The molecule has 5 atom stereocenters. The summed E-state index contributed by atoms with van der Waals surface area (Å²) in [6, 6.07) is 12.0. The minimum atomic E-state index is -2.70. The largest absolute Gasteiger partial charge is 0.490 e. The summed E-state index contributed by atoms with van der Waals surface area (Å²) in [6.45, 7) is 4.73. The van der Waals surface area contributed by atoms with E-state index >= 15 is 0 Å². The van der Waals surface area contributed by atoms with Crippen molar-refractivity contribution >= 4 is 38.8 Å². The summed E-state index contributed by atoms with van der Waals surface area (Å²) in [5, 5.41) is 0.790. The average Bonchev–Trinajstić information content (AvgIpc) is 3.03. The normalized spacial score (nSPS) is 33.1. The van der Waals surface area contributed by atoms with E-state index in [1.54, 1.807) is 6.07 Å². The van der Waals surface area contributed by atoms with Gasteiger partial charge in [0.1, 0.15) is 5.75 Å².